The van der Waals surface area contributed by atoms with Gasteiger partial charge in [0.05, 0.1) is 0 Å². The number of carboxylic acid groups (broad SMARTS) is 1. The number of aromatic amines is 1. The van der Waals surface area contributed by atoms with E-state index < -0.39 is 23.7 Å². The first kappa shape index (κ1) is 16.7. The number of ether oxygens (including phenoxy) is 1. The smallest absolute Gasteiger partial charge is 0.328 e. The average molecular weight is 318 g/mol. The van der Waals surface area contributed by atoms with Gasteiger partial charge in [0.15, 0.2) is 6.04 Å². The standard InChI is InChI=1S/C16H21N3O4/c1-16(2,3)23-15(22)19-13(14(20)21)6-9-8-18-12-5-4-10(17)7-11(9)12/h4-5,7-8,13,18H,6,17H2,1-3H3,(H,19,22)(H,20,21)/p-1. The van der Waals surface area contributed by atoms with Crippen LogP contribution in [0.3, 0.4) is 0 Å². The highest BCUT2D eigenvalue weighted by Crippen LogP contribution is 2.23. The number of rotatable bonds is 4. The molecule has 0 amide bonds. The van der Waals surface area contributed by atoms with Crippen LogP contribution in [0.15, 0.2) is 29.4 Å². The Balaban J connectivity index is 2.27. The normalized spacial score (nSPS) is 14.0. The quantitative estimate of drug-likeness (QED) is 0.445. The molecule has 7 heteroatoms. The molecule has 0 aliphatic rings. The molecule has 7 nitrogen and oxygen atoms in total. The zero-order chi connectivity index (χ0) is 17.2. The summed E-state index contributed by atoms with van der Waals surface area (Å²) < 4.78 is 5.05. The SMILES string of the molecule is CC(C)(C)OC([O-])=NC(Cc1c[nH]c2ccc(N)cc12)C(=O)O. The molecule has 2 aromatic rings. The number of aliphatic imine (C=N–C) groups is 1. The summed E-state index contributed by atoms with van der Waals surface area (Å²) in [6.07, 6.45) is 0.882. The van der Waals surface area contributed by atoms with Crippen LogP contribution in [0.5, 0.6) is 0 Å². The third kappa shape index (κ3) is 4.38. The topological polar surface area (TPSA) is 124 Å². The molecule has 2 rings (SSSR count). The molecule has 1 aromatic carbocycles. The second-order valence-electron chi connectivity index (χ2n) is 6.29. The predicted octanol–water partition coefficient (Wildman–Crippen LogP) is 1.28. The molecular weight excluding hydrogens is 298 g/mol. The van der Waals surface area contributed by atoms with Crippen LogP contribution in [0.2, 0.25) is 0 Å². The first-order valence-electron chi connectivity index (χ1n) is 7.18. The van der Waals surface area contributed by atoms with E-state index in [1.807, 2.05) is 6.07 Å². The number of hydrogen-bond acceptors (Lipinski definition) is 5. The highest BCUT2D eigenvalue weighted by molar-refractivity contribution is 5.87. The van der Waals surface area contributed by atoms with Gasteiger partial charge in [-0.2, -0.15) is 0 Å². The van der Waals surface area contributed by atoms with Crippen molar-refractivity contribution in [1.29, 1.82) is 0 Å². The van der Waals surface area contributed by atoms with Crippen LogP contribution in [0.25, 0.3) is 10.9 Å². The van der Waals surface area contributed by atoms with Gasteiger partial charge in [-0.15, -0.1) is 0 Å². The van der Waals surface area contributed by atoms with Crippen LogP contribution in [-0.4, -0.2) is 33.8 Å². The van der Waals surface area contributed by atoms with E-state index in [1.54, 1.807) is 39.1 Å². The third-order valence-electron chi connectivity index (χ3n) is 3.14. The van der Waals surface area contributed by atoms with Crippen molar-refractivity contribution >= 4 is 28.6 Å². The lowest BCUT2D eigenvalue weighted by atomic mass is 10.1. The zero-order valence-corrected chi connectivity index (χ0v) is 13.3. The van der Waals surface area contributed by atoms with Crippen molar-refractivity contribution in [3.63, 3.8) is 0 Å². The van der Waals surface area contributed by atoms with Gasteiger partial charge in [-0.25, -0.2) is 4.79 Å². The van der Waals surface area contributed by atoms with Crippen molar-refractivity contribution in [3.8, 4) is 0 Å². The first-order valence-corrected chi connectivity index (χ1v) is 7.18. The van der Waals surface area contributed by atoms with Gasteiger partial charge in [0, 0.05) is 34.8 Å². The van der Waals surface area contributed by atoms with E-state index >= 15 is 0 Å². The minimum atomic E-state index is -1.22. The Morgan fingerprint density at radius 3 is 2.78 bits per heavy atom. The molecule has 0 saturated carbocycles. The fourth-order valence-electron chi connectivity index (χ4n) is 2.18. The minimum absolute atomic E-state index is 0.0675. The maximum Gasteiger partial charge on any atom is 0.328 e. The van der Waals surface area contributed by atoms with E-state index in [4.69, 9.17) is 10.5 Å². The number of nitrogens with one attached hydrogen (secondary N) is 1. The Hall–Kier alpha value is -2.70. The van der Waals surface area contributed by atoms with Crippen molar-refractivity contribution < 1.29 is 19.7 Å². The number of nitrogen functional groups attached to an aromatic ring is 1. The lowest BCUT2D eigenvalue weighted by Crippen LogP contribution is -2.34. The van der Waals surface area contributed by atoms with Crippen molar-refractivity contribution in [2.75, 3.05) is 5.73 Å². The van der Waals surface area contributed by atoms with Crippen LogP contribution in [0.4, 0.5) is 5.69 Å². The molecule has 0 radical (unpaired) electrons. The van der Waals surface area contributed by atoms with Gasteiger partial charge < -0.3 is 25.7 Å². The van der Waals surface area contributed by atoms with E-state index in [2.05, 4.69) is 9.98 Å². The summed E-state index contributed by atoms with van der Waals surface area (Å²) >= 11 is 0. The van der Waals surface area contributed by atoms with E-state index in [-0.39, 0.29) is 6.42 Å². The molecule has 124 valence electrons. The molecule has 4 N–H and O–H groups in total. The second-order valence-corrected chi connectivity index (χ2v) is 6.29. The van der Waals surface area contributed by atoms with Crippen molar-refractivity contribution in [2.45, 2.75) is 38.8 Å². The Morgan fingerprint density at radius 1 is 1.48 bits per heavy atom. The number of carboxylic acids is 1. The lowest BCUT2D eigenvalue weighted by Gasteiger charge is -2.30. The highest BCUT2D eigenvalue weighted by atomic mass is 16.6. The van der Waals surface area contributed by atoms with Gasteiger partial charge in [0.25, 0.3) is 0 Å². The lowest BCUT2D eigenvalue weighted by molar-refractivity contribution is -0.261. The summed E-state index contributed by atoms with van der Waals surface area (Å²) in [5.41, 5.74) is 7.19. The summed E-state index contributed by atoms with van der Waals surface area (Å²) in [4.78, 5) is 18.1. The summed E-state index contributed by atoms with van der Waals surface area (Å²) in [6.45, 7) is 5.08. The van der Waals surface area contributed by atoms with Gasteiger partial charge in [0.2, 0.25) is 0 Å². The molecule has 0 spiro atoms. The monoisotopic (exact) mass is 318 g/mol. The Labute approximate surface area is 133 Å². The summed E-state index contributed by atoms with van der Waals surface area (Å²) in [5.74, 6) is -1.19. The number of nitrogens with two attached hydrogens (primary N) is 1. The maximum absolute atomic E-state index is 11.7. The average Bonchev–Trinajstić information content (AvgIpc) is 2.78. The fourth-order valence-corrected chi connectivity index (χ4v) is 2.18. The zero-order valence-electron chi connectivity index (χ0n) is 13.3. The van der Waals surface area contributed by atoms with Gasteiger partial charge in [-0.05, 0) is 23.8 Å². The number of aliphatic carboxylic acids is 1. The number of nitrogens with zero attached hydrogens (tertiary/aromatic N) is 1. The van der Waals surface area contributed by atoms with Gasteiger partial charge in [-0.1, -0.05) is 20.8 Å². The molecular formula is C16H20N3O4-. The molecule has 23 heavy (non-hydrogen) atoms. The number of benzene rings is 1. The number of fused-ring (bicyclic) bond motifs is 1. The molecule has 0 bridgehead atoms. The predicted molar refractivity (Wildman–Crippen MR) is 86.1 cm³/mol. The fraction of sp³-hybridized carbons (Fsp3) is 0.375. The minimum Gasteiger partial charge on any atom is -0.595 e. The Kier molecular flexibility index (Phi) is 4.49. The number of H-pyrrole nitrogens is 1. The van der Waals surface area contributed by atoms with Crippen molar-refractivity contribution in [1.82, 2.24) is 4.98 Å². The third-order valence-corrected chi connectivity index (χ3v) is 3.14. The van der Waals surface area contributed by atoms with Crippen LogP contribution >= 0.6 is 0 Å². The van der Waals surface area contributed by atoms with E-state index in [1.165, 1.54) is 0 Å². The molecule has 1 heterocycles. The molecule has 1 unspecified atom stereocenters. The van der Waals surface area contributed by atoms with Gasteiger partial charge >= 0.3 is 5.97 Å². The largest absolute Gasteiger partial charge is 0.595 e. The summed E-state index contributed by atoms with van der Waals surface area (Å²) in [7, 11) is 0. The number of aromatic nitrogens is 1. The molecule has 0 saturated heterocycles. The summed E-state index contributed by atoms with van der Waals surface area (Å²) in [5, 5.41) is 21.9. The van der Waals surface area contributed by atoms with Gasteiger partial charge in [0.1, 0.15) is 6.08 Å². The molecule has 0 aliphatic heterocycles. The highest BCUT2D eigenvalue weighted by Gasteiger charge is 2.19. The van der Waals surface area contributed by atoms with Crippen LogP contribution in [0, 0.1) is 0 Å². The number of anilines is 1. The summed E-state index contributed by atoms with van der Waals surface area (Å²) in [6, 6.07) is 4.11. The number of hydrogen-bond donors (Lipinski definition) is 3. The van der Waals surface area contributed by atoms with Gasteiger partial charge in [-0.3, -0.25) is 4.99 Å². The van der Waals surface area contributed by atoms with Crippen LogP contribution < -0.4 is 10.8 Å². The molecule has 1 aromatic heterocycles. The van der Waals surface area contributed by atoms with Crippen LogP contribution in [-0.2, 0) is 16.0 Å². The Bertz CT molecular complexity index is 743. The van der Waals surface area contributed by atoms with E-state index in [9.17, 15) is 15.0 Å². The molecule has 0 fully saturated rings. The first-order chi connectivity index (χ1) is 10.7. The van der Waals surface area contributed by atoms with Crippen molar-refractivity contribution in [3.05, 3.63) is 30.0 Å². The van der Waals surface area contributed by atoms with Crippen LogP contribution in [0.1, 0.15) is 26.3 Å². The van der Waals surface area contributed by atoms with Crippen molar-refractivity contribution in [2.24, 2.45) is 4.99 Å². The van der Waals surface area contributed by atoms with E-state index in [0.717, 1.165) is 16.5 Å². The number of carbonyl (C=O) groups is 1. The second kappa shape index (κ2) is 6.20. The Morgan fingerprint density at radius 2 is 2.17 bits per heavy atom. The maximum atomic E-state index is 11.7. The molecule has 0 aliphatic carbocycles. The molecule has 1 atom stereocenters. The van der Waals surface area contributed by atoms with E-state index in [0.29, 0.717) is 5.69 Å².